The third-order valence-corrected chi connectivity index (χ3v) is 3.82. The molecule has 20 heavy (non-hydrogen) atoms. The lowest BCUT2D eigenvalue weighted by molar-refractivity contribution is -0.138. The Kier molecular flexibility index (Phi) is 4.82. The third kappa shape index (κ3) is 3.61. The molecule has 3 unspecified atom stereocenters. The first kappa shape index (κ1) is 15.1. The van der Waals surface area contributed by atoms with Crippen molar-refractivity contribution >= 4 is 12.0 Å². The number of urea groups is 1. The van der Waals surface area contributed by atoms with E-state index in [1.807, 2.05) is 6.92 Å². The van der Waals surface area contributed by atoms with E-state index in [1.165, 1.54) is 0 Å². The molecule has 7 nitrogen and oxygen atoms in total. The molecule has 2 amide bonds. The summed E-state index contributed by atoms with van der Waals surface area (Å²) in [5, 5.41) is 18.0. The molecule has 7 heteroatoms. The molecular formula is C13H22N2O5. The van der Waals surface area contributed by atoms with Crippen molar-refractivity contribution in [3.8, 4) is 0 Å². The average molecular weight is 286 g/mol. The number of nitrogens with zero attached hydrogens (tertiary/aromatic N) is 2. The molecule has 0 aromatic carbocycles. The lowest BCUT2D eigenvalue weighted by Crippen LogP contribution is -2.53. The molecule has 0 radical (unpaired) electrons. The van der Waals surface area contributed by atoms with Gasteiger partial charge in [0.25, 0.3) is 0 Å². The maximum atomic E-state index is 12.4. The number of carboxylic acids is 1. The van der Waals surface area contributed by atoms with Gasteiger partial charge in [-0.1, -0.05) is 0 Å². The molecule has 0 aliphatic carbocycles. The van der Waals surface area contributed by atoms with Crippen LogP contribution in [0.1, 0.15) is 19.8 Å². The van der Waals surface area contributed by atoms with E-state index in [2.05, 4.69) is 0 Å². The van der Waals surface area contributed by atoms with Gasteiger partial charge in [-0.05, 0) is 19.3 Å². The van der Waals surface area contributed by atoms with Gasteiger partial charge in [0.1, 0.15) is 0 Å². The number of carbonyl (C=O) groups is 2. The Hall–Kier alpha value is -1.34. The summed E-state index contributed by atoms with van der Waals surface area (Å²) in [7, 11) is 0. The SMILES string of the molecule is CC1CN(C(=O)N2CCC(CC(=O)O)C2)CC(CO)O1. The molecule has 0 saturated carbocycles. The quantitative estimate of drug-likeness (QED) is 0.761. The van der Waals surface area contributed by atoms with Gasteiger partial charge in [-0.2, -0.15) is 0 Å². The highest BCUT2D eigenvalue weighted by atomic mass is 16.5. The van der Waals surface area contributed by atoms with Crippen molar-refractivity contribution in [3.05, 3.63) is 0 Å². The summed E-state index contributed by atoms with van der Waals surface area (Å²) in [6.07, 6.45) is 0.423. The van der Waals surface area contributed by atoms with Gasteiger partial charge in [0.05, 0.1) is 25.4 Å². The predicted octanol–water partition coefficient (Wildman–Crippen LogP) is -0.0154. The van der Waals surface area contributed by atoms with Gasteiger partial charge in [-0.3, -0.25) is 4.79 Å². The van der Waals surface area contributed by atoms with Crippen LogP contribution in [-0.2, 0) is 9.53 Å². The summed E-state index contributed by atoms with van der Waals surface area (Å²) in [5.41, 5.74) is 0. The number of aliphatic hydroxyl groups is 1. The molecule has 2 saturated heterocycles. The van der Waals surface area contributed by atoms with E-state index in [0.717, 1.165) is 6.42 Å². The van der Waals surface area contributed by atoms with Crippen molar-refractivity contribution in [2.24, 2.45) is 5.92 Å². The van der Waals surface area contributed by atoms with Crippen molar-refractivity contribution < 1.29 is 24.5 Å². The molecule has 2 N–H and O–H groups in total. The monoisotopic (exact) mass is 286 g/mol. The number of aliphatic carboxylic acids is 1. The minimum absolute atomic E-state index is 0.0450. The Morgan fingerprint density at radius 2 is 2.00 bits per heavy atom. The van der Waals surface area contributed by atoms with Gasteiger partial charge < -0.3 is 24.7 Å². The van der Waals surface area contributed by atoms with Crippen LogP contribution in [0.3, 0.4) is 0 Å². The Bertz CT molecular complexity index is 376. The highest BCUT2D eigenvalue weighted by molar-refractivity contribution is 5.75. The molecule has 2 aliphatic rings. The number of hydrogen-bond donors (Lipinski definition) is 2. The van der Waals surface area contributed by atoms with Crippen molar-refractivity contribution in [3.63, 3.8) is 0 Å². The van der Waals surface area contributed by atoms with E-state index in [4.69, 9.17) is 9.84 Å². The smallest absolute Gasteiger partial charge is 0.320 e. The number of carboxylic acid groups (broad SMARTS) is 1. The zero-order valence-electron chi connectivity index (χ0n) is 11.7. The van der Waals surface area contributed by atoms with E-state index < -0.39 is 5.97 Å². The number of hydrogen-bond acceptors (Lipinski definition) is 4. The Labute approximate surface area is 118 Å². The third-order valence-electron chi connectivity index (χ3n) is 3.82. The Balaban J connectivity index is 1.89. The maximum Gasteiger partial charge on any atom is 0.320 e. The van der Waals surface area contributed by atoms with Crippen LogP contribution in [0, 0.1) is 5.92 Å². The molecule has 0 aromatic rings. The van der Waals surface area contributed by atoms with Gasteiger partial charge >= 0.3 is 12.0 Å². The van der Waals surface area contributed by atoms with Gasteiger partial charge in [0, 0.05) is 26.1 Å². The number of likely N-dealkylation sites (tertiary alicyclic amines) is 1. The lowest BCUT2D eigenvalue weighted by Gasteiger charge is -2.38. The molecule has 2 fully saturated rings. The molecule has 3 atom stereocenters. The Morgan fingerprint density at radius 1 is 1.25 bits per heavy atom. The van der Waals surface area contributed by atoms with Crippen LogP contribution in [0.25, 0.3) is 0 Å². The van der Waals surface area contributed by atoms with Crippen molar-refractivity contribution in [2.45, 2.75) is 32.0 Å². The highest BCUT2D eigenvalue weighted by Crippen LogP contribution is 2.22. The standard InChI is InChI=1S/C13H22N2O5/c1-9-5-15(7-11(8-16)20-9)13(19)14-3-2-10(6-14)4-12(17)18/h9-11,16H,2-8H2,1H3,(H,17,18). The molecule has 2 rings (SSSR count). The van der Waals surface area contributed by atoms with Crippen LogP contribution < -0.4 is 0 Å². The van der Waals surface area contributed by atoms with Crippen LogP contribution in [0.2, 0.25) is 0 Å². The first-order valence-corrected chi connectivity index (χ1v) is 7.01. The second-order valence-electron chi connectivity index (χ2n) is 5.64. The molecule has 114 valence electrons. The number of ether oxygens (including phenoxy) is 1. The largest absolute Gasteiger partial charge is 0.481 e. The summed E-state index contributed by atoms with van der Waals surface area (Å²) < 4.78 is 5.51. The van der Waals surface area contributed by atoms with Gasteiger partial charge in [0.15, 0.2) is 0 Å². The van der Waals surface area contributed by atoms with Crippen LogP contribution in [0.4, 0.5) is 4.79 Å². The van der Waals surface area contributed by atoms with E-state index >= 15 is 0 Å². The number of amides is 2. The van der Waals surface area contributed by atoms with E-state index in [1.54, 1.807) is 9.80 Å². The average Bonchev–Trinajstić information content (AvgIpc) is 2.84. The summed E-state index contributed by atoms with van der Waals surface area (Å²) in [5.74, 6) is -0.770. The normalized spacial score (nSPS) is 30.6. The van der Waals surface area contributed by atoms with Crippen LogP contribution in [0.5, 0.6) is 0 Å². The summed E-state index contributed by atoms with van der Waals surface area (Å²) in [6.45, 7) is 3.78. The molecule has 0 spiro atoms. The van der Waals surface area contributed by atoms with E-state index in [9.17, 15) is 14.7 Å². The minimum atomic E-state index is -0.815. The first-order valence-electron chi connectivity index (χ1n) is 7.01. The predicted molar refractivity (Wildman–Crippen MR) is 70.3 cm³/mol. The molecule has 0 aromatic heterocycles. The maximum absolute atomic E-state index is 12.4. The number of carbonyl (C=O) groups excluding carboxylic acids is 1. The van der Waals surface area contributed by atoms with Crippen LogP contribution in [-0.4, -0.2) is 77.0 Å². The van der Waals surface area contributed by atoms with Crippen molar-refractivity contribution in [1.29, 1.82) is 0 Å². The van der Waals surface area contributed by atoms with E-state index in [-0.39, 0.29) is 37.2 Å². The highest BCUT2D eigenvalue weighted by Gasteiger charge is 2.34. The fourth-order valence-corrected chi connectivity index (χ4v) is 2.92. The molecule has 0 bridgehead atoms. The lowest BCUT2D eigenvalue weighted by atomic mass is 10.1. The fourth-order valence-electron chi connectivity index (χ4n) is 2.92. The topological polar surface area (TPSA) is 90.3 Å². The summed E-state index contributed by atoms with van der Waals surface area (Å²) in [6, 6.07) is -0.0773. The van der Waals surface area contributed by atoms with E-state index in [0.29, 0.717) is 26.2 Å². The number of morpholine rings is 1. The van der Waals surface area contributed by atoms with Gasteiger partial charge in [-0.25, -0.2) is 4.79 Å². The fraction of sp³-hybridized carbons (Fsp3) is 0.846. The Morgan fingerprint density at radius 3 is 2.65 bits per heavy atom. The summed E-state index contributed by atoms with van der Waals surface area (Å²) >= 11 is 0. The minimum Gasteiger partial charge on any atom is -0.481 e. The van der Waals surface area contributed by atoms with Crippen LogP contribution in [0.15, 0.2) is 0 Å². The first-order chi connectivity index (χ1) is 9.49. The van der Waals surface area contributed by atoms with Crippen molar-refractivity contribution in [1.82, 2.24) is 9.80 Å². The zero-order valence-corrected chi connectivity index (χ0v) is 11.7. The van der Waals surface area contributed by atoms with Crippen molar-refractivity contribution in [2.75, 3.05) is 32.8 Å². The summed E-state index contributed by atoms with van der Waals surface area (Å²) in [4.78, 5) is 26.5. The zero-order chi connectivity index (χ0) is 14.7. The molecule has 2 heterocycles. The number of aliphatic hydroxyl groups excluding tert-OH is 1. The van der Waals surface area contributed by atoms with Gasteiger partial charge in [0.2, 0.25) is 0 Å². The second-order valence-corrected chi connectivity index (χ2v) is 5.64. The van der Waals surface area contributed by atoms with Crippen LogP contribution >= 0.6 is 0 Å². The molecular weight excluding hydrogens is 264 g/mol. The number of rotatable bonds is 3. The molecule has 2 aliphatic heterocycles. The van der Waals surface area contributed by atoms with Gasteiger partial charge in [-0.15, -0.1) is 0 Å². The second kappa shape index (κ2) is 6.41.